The van der Waals surface area contributed by atoms with Crippen molar-refractivity contribution >= 4 is 6.47 Å². The third-order valence-corrected chi connectivity index (χ3v) is 2.09. The number of ether oxygens (including phenoxy) is 1. The molecular formula is C9H20N2O2. The van der Waals surface area contributed by atoms with Gasteiger partial charge in [-0.3, -0.25) is 4.79 Å². The normalized spacial score (nSPS) is 27.0. The van der Waals surface area contributed by atoms with Crippen molar-refractivity contribution in [2.45, 2.75) is 26.3 Å². The molecule has 0 aromatic carbocycles. The molecular weight excluding hydrogens is 168 g/mol. The second-order valence-corrected chi connectivity index (χ2v) is 3.19. The van der Waals surface area contributed by atoms with E-state index in [4.69, 9.17) is 5.73 Å². The summed E-state index contributed by atoms with van der Waals surface area (Å²) in [5.41, 5.74) is 5.74. The Kier molecular flexibility index (Phi) is 7.63. The van der Waals surface area contributed by atoms with Crippen LogP contribution in [0.2, 0.25) is 0 Å². The Hall–Kier alpha value is -0.610. The van der Waals surface area contributed by atoms with Crippen LogP contribution in [0.4, 0.5) is 0 Å². The molecule has 0 aromatic heterocycles. The summed E-state index contributed by atoms with van der Waals surface area (Å²) in [5, 5.41) is 3.28. The quantitative estimate of drug-likeness (QED) is 0.604. The van der Waals surface area contributed by atoms with Gasteiger partial charge in [0.25, 0.3) is 6.47 Å². The molecule has 1 rings (SSSR count). The second kappa shape index (κ2) is 8.01. The number of nitrogens with one attached hydrogen (secondary N) is 1. The first-order valence-electron chi connectivity index (χ1n) is 4.73. The highest BCUT2D eigenvalue weighted by atomic mass is 16.5. The predicted molar refractivity (Wildman–Crippen MR) is 52.3 cm³/mol. The molecule has 1 saturated heterocycles. The number of carbonyl (C=O) groups is 1. The van der Waals surface area contributed by atoms with Crippen LogP contribution in [0.1, 0.15) is 20.3 Å². The van der Waals surface area contributed by atoms with E-state index in [0.717, 1.165) is 19.5 Å². The Morgan fingerprint density at radius 1 is 1.69 bits per heavy atom. The van der Waals surface area contributed by atoms with E-state index in [-0.39, 0.29) is 0 Å². The summed E-state index contributed by atoms with van der Waals surface area (Å²) in [7, 11) is 0. The van der Waals surface area contributed by atoms with Crippen LogP contribution in [0, 0.1) is 5.92 Å². The van der Waals surface area contributed by atoms with Gasteiger partial charge in [0.15, 0.2) is 0 Å². The topological polar surface area (TPSA) is 64.3 Å². The van der Waals surface area contributed by atoms with Gasteiger partial charge in [0.2, 0.25) is 0 Å². The van der Waals surface area contributed by atoms with E-state index >= 15 is 0 Å². The number of piperidine rings is 1. The second-order valence-electron chi connectivity index (χ2n) is 3.19. The molecule has 1 aliphatic heterocycles. The maximum atomic E-state index is 9.18. The zero-order chi connectivity index (χ0) is 10.1. The number of nitrogens with two attached hydrogens (primary N) is 1. The lowest BCUT2D eigenvalue weighted by molar-refractivity contribution is -0.128. The molecule has 2 unspecified atom stereocenters. The number of hydrogen-bond donors (Lipinski definition) is 2. The van der Waals surface area contributed by atoms with Gasteiger partial charge in [-0.1, -0.05) is 6.92 Å². The van der Waals surface area contributed by atoms with E-state index in [2.05, 4.69) is 17.0 Å². The number of rotatable bonds is 2. The average molecular weight is 188 g/mol. The maximum Gasteiger partial charge on any atom is 0.293 e. The fourth-order valence-electron chi connectivity index (χ4n) is 1.10. The molecule has 4 nitrogen and oxygen atoms in total. The van der Waals surface area contributed by atoms with Crippen molar-refractivity contribution in [3.63, 3.8) is 0 Å². The fraction of sp³-hybridized carbons (Fsp3) is 0.889. The van der Waals surface area contributed by atoms with Crippen LogP contribution in [0.5, 0.6) is 0 Å². The summed E-state index contributed by atoms with van der Waals surface area (Å²) in [6.45, 7) is 7.06. The van der Waals surface area contributed by atoms with Gasteiger partial charge in [-0.2, -0.15) is 0 Å². The highest BCUT2D eigenvalue weighted by Crippen LogP contribution is 2.06. The third kappa shape index (κ3) is 6.54. The minimum atomic E-state index is 0.431. The van der Waals surface area contributed by atoms with Crippen LogP contribution in [0.25, 0.3) is 0 Å². The van der Waals surface area contributed by atoms with E-state index in [1.54, 1.807) is 6.92 Å². The smallest absolute Gasteiger partial charge is 0.293 e. The van der Waals surface area contributed by atoms with Gasteiger partial charge in [0.05, 0.1) is 6.61 Å². The van der Waals surface area contributed by atoms with Crippen LogP contribution in [-0.2, 0) is 9.53 Å². The monoisotopic (exact) mass is 188 g/mol. The van der Waals surface area contributed by atoms with Gasteiger partial charge in [-0.05, 0) is 32.4 Å². The lowest BCUT2D eigenvalue weighted by Gasteiger charge is -2.25. The van der Waals surface area contributed by atoms with Crippen molar-refractivity contribution in [1.29, 1.82) is 0 Å². The number of carbonyl (C=O) groups excluding carboxylic acids is 1. The van der Waals surface area contributed by atoms with Crippen LogP contribution in [-0.4, -0.2) is 32.2 Å². The lowest BCUT2D eigenvalue weighted by atomic mass is 9.97. The molecule has 1 aliphatic rings. The van der Waals surface area contributed by atoms with Gasteiger partial charge >= 0.3 is 0 Å². The van der Waals surface area contributed by atoms with Gasteiger partial charge in [0.1, 0.15) is 0 Å². The lowest BCUT2D eigenvalue weighted by Crippen LogP contribution is -2.43. The molecule has 1 fully saturated rings. The van der Waals surface area contributed by atoms with Crippen LogP contribution in [0.15, 0.2) is 0 Å². The minimum absolute atomic E-state index is 0.431. The fourth-order valence-corrected chi connectivity index (χ4v) is 1.10. The van der Waals surface area contributed by atoms with Gasteiger partial charge in [-0.25, -0.2) is 0 Å². The van der Waals surface area contributed by atoms with Crippen molar-refractivity contribution in [2.75, 3.05) is 19.7 Å². The van der Waals surface area contributed by atoms with Gasteiger partial charge < -0.3 is 15.8 Å². The highest BCUT2D eigenvalue weighted by molar-refractivity contribution is 5.36. The number of hydrogen-bond acceptors (Lipinski definition) is 4. The first-order valence-corrected chi connectivity index (χ1v) is 4.73. The van der Waals surface area contributed by atoms with Crippen molar-refractivity contribution in [1.82, 2.24) is 5.32 Å². The maximum absolute atomic E-state index is 9.18. The van der Waals surface area contributed by atoms with Crippen molar-refractivity contribution in [2.24, 2.45) is 11.7 Å². The standard InChI is InChI=1S/C6H14N2.C3H6O2/c1-5-4-8-3-2-6(5)7;1-2-5-3-4/h5-6,8H,2-4,7H2,1H3;3H,2H2,1H3. The zero-order valence-corrected chi connectivity index (χ0v) is 8.45. The first-order chi connectivity index (χ1) is 6.22. The molecule has 4 heteroatoms. The van der Waals surface area contributed by atoms with E-state index < -0.39 is 0 Å². The predicted octanol–water partition coefficient (Wildman–Crippen LogP) is 0.122. The molecule has 78 valence electrons. The molecule has 13 heavy (non-hydrogen) atoms. The van der Waals surface area contributed by atoms with Crippen LogP contribution >= 0.6 is 0 Å². The minimum Gasteiger partial charge on any atom is -0.468 e. The van der Waals surface area contributed by atoms with Gasteiger partial charge in [-0.15, -0.1) is 0 Å². The molecule has 0 aromatic rings. The highest BCUT2D eigenvalue weighted by Gasteiger charge is 2.15. The molecule has 0 amide bonds. The van der Waals surface area contributed by atoms with Crippen LogP contribution < -0.4 is 11.1 Å². The molecule has 0 spiro atoms. The Balaban J connectivity index is 0.000000252. The SMILES string of the molecule is CC1CNCCC1N.CCOC=O. The largest absolute Gasteiger partial charge is 0.468 e. The Morgan fingerprint density at radius 2 is 2.38 bits per heavy atom. The third-order valence-electron chi connectivity index (χ3n) is 2.09. The summed E-state index contributed by atoms with van der Waals surface area (Å²) < 4.78 is 4.15. The average Bonchev–Trinajstić information content (AvgIpc) is 2.13. The molecule has 0 saturated carbocycles. The van der Waals surface area contributed by atoms with Crippen molar-refractivity contribution in [3.8, 4) is 0 Å². The Bertz CT molecular complexity index is 121. The molecule has 0 aliphatic carbocycles. The van der Waals surface area contributed by atoms with E-state index in [9.17, 15) is 4.79 Å². The summed E-state index contributed by atoms with van der Waals surface area (Å²) in [6, 6.07) is 0.441. The first kappa shape index (κ1) is 12.4. The molecule has 3 N–H and O–H groups in total. The Labute approximate surface area is 79.8 Å². The molecule has 1 heterocycles. The summed E-state index contributed by atoms with van der Waals surface area (Å²) >= 11 is 0. The van der Waals surface area contributed by atoms with Gasteiger partial charge in [0, 0.05) is 6.04 Å². The van der Waals surface area contributed by atoms with Crippen molar-refractivity contribution in [3.05, 3.63) is 0 Å². The summed E-state index contributed by atoms with van der Waals surface area (Å²) in [6.07, 6.45) is 1.14. The van der Waals surface area contributed by atoms with E-state index in [1.807, 2.05) is 0 Å². The summed E-state index contributed by atoms with van der Waals surface area (Å²) in [5.74, 6) is 0.670. The van der Waals surface area contributed by atoms with Crippen LogP contribution in [0.3, 0.4) is 0 Å². The van der Waals surface area contributed by atoms with E-state index in [1.165, 1.54) is 0 Å². The molecule has 2 atom stereocenters. The zero-order valence-electron chi connectivity index (χ0n) is 8.45. The van der Waals surface area contributed by atoms with Crippen molar-refractivity contribution < 1.29 is 9.53 Å². The van der Waals surface area contributed by atoms with E-state index in [0.29, 0.717) is 25.0 Å². The molecule has 0 bridgehead atoms. The molecule has 0 radical (unpaired) electrons. The summed E-state index contributed by atoms with van der Waals surface area (Å²) in [4.78, 5) is 9.18. The Morgan fingerprint density at radius 3 is 2.62 bits per heavy atom.